The van der Waals surface area contributed by atoms with Crippen molar-refractivity contribution in [3.8, 4) is 0 Å². The Kier molecular flexibility index (Phi) is 8.46. The van der Waals surface area contributed by atoms with Crippen LogP contribution in [0.5, 0.6) is 0 Å². The molecule has 0 atom stereocenters. The molecule has 1 saturated carbocycles. The molecule has 1 amide bonds. The van der Waals surface area contributed by atoms with Gasteiger partial charge in [-0.2, -0.15) is 0 Å². The Morgan fingerprint density at radius 1 is 1.23 bits per heavy atom. The maximum atomic E-state index is 15.0. The summed E-state index contributed by atoms with van der Waals surface area (Å²) in [6, 6.07) is 1.11. The van der Waals surface area contributed by atoms with Gasteiger partial charge < -0.3 is 19.9 Å². The number of carbonyl (C=O) groups is 2. The third-order valence-electron chi connectivity index (χ3n) is 7.56. The number of aryl methyl sites for hydroxylation is 2. The second-order valence-corrected chi connectivity index (χ2v) is 11.2. The molecular weight excluding hydrogens is 540 g/mol. The van der Waals surface area contributed by atoms with Gasteiger partial charge in [-0.15, -0.1) is 0 Å². The molecule has 3 heterocycles. The number of rotatable bonds is 8. The molecule has 212 valence electrons. The zero-order valence-electron chi connectivity index (χ0n) is 22.4. The average Bonchev–Trinajstić information content (AvgIpc) is 2.93. The monoisotopic (exact) mass is 571 g/mol. The summed E-state index contributed by atoms with van der Waals surface area (Å²) in [7, 11) is 1.52. The van der Waals surface area contributed by atoms with Crippen LogP contribution in [0.15, 0.2) is 28.3 Å². The fraction of sp³-hybridized carbons (Fsp3) is 0.464. The van der Waals surface area contributed by atoms with E-state index in [9.17, 15) is 18.8 Å². The van der Waals surface area contributed by atoms with Gasteiger partial charge in [-0.05, 0) is 51.4 Å². The SMILES string of the molecule is CCOC(=O)c1cn(C)c2c(F)cc(F)c(CCC3CCC(NCc4cnc5c(n4)NC(=O)CS5)CC3)c2c1=O. The van der Waals surface area contributed by atoms with Crippen molar-refractivity contribution in [1.82, 2.24) is 19.9 Å². The van der Waals surface area contributed by atoms with Crippen LogP contribution in [-0.2, 0) is 29.5 Å². The van der Waals surface area contributed by atoms with E-state index in [-0.39, 0.29) is 41.0 Å². The Labute approximate surface area is 234 Å². The Morgan fingerprint density at radius 2 is 2.00 bits per heavy atom. The van der Waals surface area contributed by atoms with Crippen LogP contribution < -0.4 is 16.1 Å². The van der Waals surface area contributed by atoms with Crippen molar-refractivity contribution in [2.75, 3.05) is 17.7 Å². The second-order valence-electron chi connectivity index (χ2n) is 10.2. The predicted octanol–water partition coefficient (Wildman–Crippen LogP) is 4.11. The first-order chi connectivity index (χ1) is 19.2. The number of fused-ring (bicyclic) bond motifs is 2. The molecule has 3 aromatic rings. The van der Waals surface area contributed by atoms with E-state index in [2.05, 4.69) is 20.6 Å². The molecule has 2 aliphatic rings. The van der Waals surface area contributed by atoms with Gasteiger partial charge in [0.1, 0.15) is 16.4 Å². The Bertz CT molecular complexity index is 1520. The molecule has 12 heteroatoms. The topological polar surface area (TPSA) is 115 Å². The number of hydrogen-bond acceptors (Lipinski definition) is 8. The van der Waals surface area contributed by atoms with Crippen molar-refractivity contribution in [2.24, 2.45) is 13.0 Å². The van der Waals surface area contributed by atoms with Gasteiger partial charge in [0, 0.05) is 37.5 Å². The summed E-state index contributed by atoms with van der Waals surface area (Å²) >= 11 is 1.37. The Balaban J connectivity index is 1.22. The molecule has 1 fully saturated rings. The largest absolute Gasteiger partial charge is 0.462 e. The van der Waals surface area contributed by atoms with Gasteiger partial charge in [0.05, 0.1) is 35.2 Å². The molecule has 1 aromatic carbocycles. The molecule has 1 aliphatic heterocycles. The number of benzene rings is 1. The van der Waals surface area contributed by atoms with Gasteiger partial charge in [-0.25, -0.2) is 23.5 Å². The van der Waals surface area contributed by atoms with Crippen molar-refractivity contribution in [1.29, 1.82) is 0 Å². The maximum Gasteiger partial charge on any atom is 0.343 e. The molecule has 40 heavy (non-hydrogen) atoms. The van der Waals surface area contributed by atoms with E-state index in [0.717, 1.165) is 42.5 Å². The van der Waals surface area contributed by atoms with E-state index in [0.29, 0.717) is 36.5 Å². The number of nitrogens with one attached hydrogen (secondary N) is 2. The highest BCUT2D eigenvalue weighted by atomic mass is 32.2. The lowest BCUT2D eigenvalue weighted by Crippen LogP contribution is -2.33. The molecule has 0 radical (unpaired) electrons. The highest BCUT2D eigenvalue weighted by Gasteiger charge is 2.25. The molecule has 2 aromatic heterocycles. The number of halogens is 2. The zero-order chi connectivity index (χ0) is 28.4. The van der Waals surface area contributed by atoms with Gasteiger partial charge in [0.25, 0.3) is 0 Å². The number of anilines is 1. The quantitative estimate of drug-likeness (QED) is 0.389. The van der Waals surface area contributed by atoms with Gasteiger partial charge in [-0.1, -0.05) is 11.8 Å². The Morgan fingerprint density at radius 3 is 2.75 bits per heavy atom. The molecule has 0 unspecified atom stereocenters. The predicted molar refractivity (Wildman–Crippen MR) is 147 cm³/mol. The highest BCUT2D eigenvalue weighted by molar-refractivity contribution is 8.00. The number of nitrogens with zero attached hydrogens (tertiary/aromatic N) is 3. The summed E-state index contributed by atoms with van der Waals surface area (Å²) in [6.45, 7) is 2.25. The van der Waals surface area contributed by atoms with Crippen molar-refractivity contribution in [2.45, 2.75) is 63.1 Å². The van der Waals surface area contributed by atoms with Gasteiger partial charge >= 0.3 is 5.97 Å². The lowest BCUT2D eigenvalue weighted by Gasteiger charge is -2.29. The van der Waals surface area contributed by atoms with Gasteiger partial charge in [0.15, 0.2) is 11.6 Å². The van der Waals surface area contributed by atoms with E-state index >= 15 is 4.39 Å². The third-order valence-corrected chi connectivity index (χ3v) is 8.54. The number of esters is 1. The normalized spacial score (nSPS) is 18.9. The summed E-state index contributed by atoms with van der Waals surface area (Å²) < 4.78 is 36.1. The first kappa shape index (κ1) is 28.2. The van der Waals surface area contributed by atoms with Crippen LogP contribution in [0.4, 0.5) is 14.6 Å². The van der Waals surface area contributed by atoms with Crippen LogP contribution in [0.3, 0.4) is 0 Å². The lowest BCUT2D eigenvalue weighted by molar-refractivity contribution is -0.113. The van der Waals surface area contributed by atoms with E-state index < -0.39 is 23.0 Å². The summed E-state index contributed by atoms with van der Waals surface area (Å²) in [4.78, 5) is 46.1. The molecular formula is C28H31F2N5O4S. The fourth-order valence-corrected chi connectivity index (χ4v) is 6.23. The molecule has 0 spiro atoms. The first-order valence-electron chi connectivity index (χ1n) is 13.4. The fourth-order valence-electron chi connectivity index (χ4n) is 5.53. The number of ether oxygens (including phenoxy) is 1. The molecule has 0 bridgehead atoms. The third kappa shape index (κ3) is 5.87. The smallest absolute Gasteiger partial charge is 0.343 e. The highest BCUT2D eigenvalue weighted by Crippen LogP contribution is 2.31. The summed E-state index contributed by atoms with van der Waals surface area (Å²) in [6.07, 6.45) is 7.58. The molecule has 2 N–H and O–H groups in total. The van der Waals surface area contributed by atoms with Crippen LogP contribution in [0.25, 0.3) is 10.9 Å². The van der Waals surface area contributed by atoms with Crippen LogP contribution in [-0.4, -0.2) is 44.8 Å². The minimum absolute atomic E-state index is 0.0224. The van der Waals surface area contributed by atoms with E-state index in [1.807, 2.05) is 0 Å². The summed E-state index contributed by atoms with van der Waals surface area (Å²) in [5.74, 6) is -1.33. The minimum Gasteiger partial charge on any atom is -0.462 e. The van der Waals surface area contributed by atoms with Crippen LogP contribution in [0, 0.1) is 17.6 Å². The van der Waals surface area contributed by atoms with E-state index in [1.54, 1.807) is 13.1 Å². The molecule has 5 rings (SSSR count). The van der Waals surface area contributed by atoms with Crippen molar-refractivity contribution >= 4 is 40.4 Å². The number of carbonyl (C=O) groups excluding carboxylic acids is 2. The van der Waals surface area contributed by atoms with Crippen LogP contribution in [0.2, 0.25) is 0 Å². The summed E-state index contributed by atoms with van der Waals surface area (Å²) in [5.41, 5.74) is -0.0766. The number of hydrogen-bond donors (Lipinski definition) is 2. The molecule has 9 nitrogen and oxygen atoms in total. The number of aromatic nitrogens is 3. The first-order valence-corrected chi connectivity index (χ1v) is 14.4. The maximum absolute atomic E-state index is 15.0. The van der Waals surface area contributed by atoms with Gasteiger partial charge in [0.2, 0.25) is 11.3 Å². The van der Waals surface area contributed by atoms with Crippen LogP contribution in [0.1, 0.15) is 60.6 Å². The Hall–Kier alpha value is -3.38. The van der Waals surface area contributed by atoms with Crippen molar-refractivity contribution in [3.63, 3.8) is 0 Å². The summed E-state index contributed by atoms with van der Waals surface area (Å²) in [5, 5.41) is 6.91. The second kappa shape index (κ2) is 12.0. The van der Waals surface area contributed by atoms with Crippen molar-refractivity contribution < 1.29 is 23.1 Å². The van der Waals surface area contributed by atoms with E-state index in [4.69, 9.17) is 4.74 Å². The van der Waals surface area contributed by atoms with E-state index in [1.165, 1.54) is 29.6 Å². The number of thioether (sulfide) groups is 1. The average molecular weight is 572 g/mol. The van der Waals surface area contributed by atoms with Crippen LogP contribution >= 0.6 is 11.8 Å². The lowest BCUT2D eigenvalue weighted by atomic mass is 9.82. The molecule has 0 saturated heterocycles. The minimum atomic E-state index is -0.845. The molecule has 1 aliphatic carbocycles. The van der Waals surface area contributed by atoms with Gasteiger partial charge in [-0.3, -0.25) is 9.59 Å². The van der Waals surface area contributed by atoms with Crippen molar-refractivity contribution in [3.05, 3.63) is 57.1 Å². The number of pyridine rings is 1. The zero-order valence-corrected chi connectivity index (χ0v) is 23.2. The number of amides is 1. The standard InChI is InChI=1S/C28H31F2N5O4S/c1-3-39-28(38)19-13-35(2)24-21(30)10-20(29)18(23(24)25(19)37)9-6-15-4-7-16(8-5-15)31-11-17-12-32-27-26(33-17)34-22(36)14-40-27/h10,12-13,15-16,31H,3-9,11,14H2,1-2H3,(H,33,34,36).